The van der Waals surface area contributed by atoms with E-state index in [-0.39, 0.29) is 31.1 Å². The summed E-state index contributed by atoms with van der Waals surface area (Å²) >= 11 is 0. The van der Waals surface area contributed by atoms with E-state index in [1.807, 2.05) is 54.6 Å². The number of pyridine rings is 1. The first-order valence-electron chi connectivity index (χ1n) is 13.8. The Labute approximate surface area is 246 Å². The maximum absolute atomic E-state index is 13.0. The van der Waals surface area contributed by atoms with E-state index in [1.54, 1.807) is 6.07 Å². The second kappa shape index (κ2) is 14.7. The zero-order valence-electron chi connectivity index (χ0n) is 23.2. The molecular formula is C30H33F3N6O4. The van der Waals surface area contributed by atoms with E-state index in [0.717, 1.165) is 16.5 Å². The highest BCUT2D eigenvalue weighted by Crippen LogP contribution is 2.23. The number of carbonyl (C=O) groups is 2. The van der Waals surface area contributed by atoms with Crippen LogP contribution in [-0.2, 0) is 16.0 Å². The molecule has 0 bridgehead atoms. The molecule has 0 spiro atoms. The summed E-state index contributed by atoms with van der Waals surface area (Å²) in [5, 5.41) is 6.68. The normalized spacial score (nSPS) is 13.8. The third-order valence-electron chi connectivity index (χ3n) is 6.74. The van der Waals surface area contributed by atoms with Gasteiger partial charge in [-0.1, -0.05) is 48.5 Å². The number of oxazole rings is 1. The largest absolute Gasteiger partial charge is 0.490 e. The standard InChI is InChI=1S/C30H33F3N6O4/c31-30(32,33)29(41)43-26(22(35)10-6-14-34)17-37-24(13-12-19-7-2-1-3-8-19)28-39-25(18-42-28)27(40)38-21-15-20-9-4-5-11-23(20)36-16-21/h1-5,7-9,11,15-16,18,22,24,26,37H,6,10,12-14,17,34-35H2,(H,38,40)/t22-,24-,26?/m1/s1. The van der Waals surface area contributed by atoms with Crippen molar-refractivity contribution < 1.29 is 31.9 Å². The van der Waals surface area contributed by atoms with E-state index in [2.05, 4.69) is 20.6 Å². The van der Waals surface area contributed by atoms with Crippen molar-refractivity contribution in [2.75, 3.05) is 18.4 Å². The number of nitrogens with two attached hydrogens (primary N) is 2. The van der Waals surface area contributed by atoms with E-state index in [0.29, 0.717) is 24.9 Å². The second-order valence-electron chi connectivity index (χ2n) is 9.96. The summed E-state index contributed by atoms with van der Waals surface area (Å²) in [5.41, 5.74) is 13.9. The van der Waals surface area contributed by atoms with E-state index in [9.17, 15) is 22.8 Å². The number of nitrogens with zero attached hydrogens (tertiary/aromatic N) is 2. The average Bonchev–Trinajstić information content (AvgIpc) is 3.49. The van der Waals surface area contributed by atoms with Gasteiger partial charge in [0.2, 0.25) is 5.89 Å². The molecular weight excluding hydrogens is 565 g/mol. The summed E-state index contributed by atoms with van der Waals surface area (Å²) in [7, 11) is 0. The van der Waals surface area contributed by atoms with Crippen molar-refractivity contribution in [3.63, 3.8) is 0 Å². The lowest BCUT2D eigenvalue weighted by molar-refractivity contribution is -0.205. The molecule has 0 radical (unpaired) electrons. The van der Waals surface area contributed by atoms with E-state index < -0.39 is 36.2 Å². The number of esters is 1. The molecule has 4 rings (SSSR count). The Hall–Kier alpha value is -4.33. The van der Waals surface area contributed by atoms with Gasteiger partial charge in [-0.2, -0.15) is 13.2 Å². The lowest BCUT2D eigenvalue weighted by Gasteiger charge is -2.26. The number of carbonyl (C=O) groups excluding carboxylic acids is 2. The molecule has 10 nitrogen and oxygen atoms in total. The Kier molecular flexibility index (Phi) is 10.8. The van der Waals surface area contributed by atoms with Crippen molar-refractivity contribution in [1.29, 1.82) is 0 Å². The van der Waals surface area contributed by atoms with Crippen LogP contribution in [0.4, 0.5) is 18.9 Å². The molecule has 228 valence electrons. The van der Waals surface area contributed by atoms with Crippen LogP contribution < -0.4 is 22.1 Å². The summed E-state index contributed by atoms with van der Waals surface area (Å²) in [5.74, 6) is -2.73. The monoisotopic (exact) mass is 598 g/mol. The maximum atomic E-state index is 13.0. The molecule has 0 aliphatic rings. The molecule has 13 heteroatoms. The molecule has 1 unspecified atom stereocenters. The number of amides is 1. The van der Waals surface area contributed by atoms with E-state index in [4.69, 9.17) is 20.6 Å². The first kappa shape index (κ1) is 31.6. The molecule has 43 heavy (non-hydrogen) atoms. The predicted octanol–water partition coefficient (Wildman–Crippen LogP) is 4.28. The Morgan fingerprint density at radius 1 is 1.05 bits per heavy atom. The molecule has 0 fully saturated rings. The van der Waals surface area contributed by atoms with Crippen LogP contribution in [0.3, 0.4) is 0 Å². The Morgan fingerprint density at radius 3 is 2.53 bits per heavy atom. The lowest BCUT2D eigenvalue weighted by Crippen LogP contribution is -2.47. The lowest BCUT2D eigenvalue weighted by atomic mass is 10.0. The smallest absolute Gasteiger partial charge is 0.453 e. The van der Waals surface area contributed by atoms with Crippen LogP contribution in [0.15, 0.2) is 77.5 Å². The number of alkyl halides is 3. The van der Waals surface area contributed by atoms with Crippen LogP contribution in [-0.4, -0.2) is 53.3 Å². The van der Waals surface area contributed by atoms with Gasteiger partial charge in [-0.05, 0) is 49.9 Å². The summed E-state index contributed by atoms with van der Waals surface area (Å²) in [4.78, 5) is 33.3. The number of halogens is 3. The first-order valence-corrected chi connectivity index (χ1v) is 13.8. The molecule has 3 atom stereocenters. The minimum Gasteiger partial charge on any atom is -0.453 e. The van der Waals surface area contributed by atoms with Gasteiger partial charge in [0, 0.05) is 18.0 Å². The number of ether oxygens (including phenoxy) is 1. The summed E-state index contributed by atoms with van der Waals surface area (Å²) in [6.45, 7) is 0.0525. The van der Waals surface area contributed by atoms with E-state index in [1.165, 1.54) is 12.5 Å². The second-order valence-corrected chi connectivity index (χ2v) is 9.96. The van der Waals surface area contributed by atoms with Gasteiger partial charge in [-0.15, -0.1) is 0 Å². The fraction of sp³-hybridized carbons (Fsp3) is 0.333. The van der Waals surface area contributed by atoms with Crippen molar-refractivity contribution in [2.45, 2.75) is 50.0 Å². The number of aromatic nitrogens is 2. The molecule has 2 aromatic carbocycles. The number of rotatable bonds is 14. The van der Waals surface area contributed by atoms with Gasteiger partial charge in [-0.3, -0.25) is 9.78 Å². The van der Waals surface area contributed by atoms with Crippen LogP contribution in [0.5, 0.6) is 0 Å². The highest BCUT2D eigenvalue weighted by atomic mass is 19.4. The molecule has 0 saturated carbocycles. The Bertz CT molecular complexity index is 1500. The van der Waals surface area contributed by atoms with Crippen LogP contribution in [0, 0.1) is 0 Å². The van der Waals surface area contributed by atoms with Crippen molar-refractivity contribution in [2.24, 2.45) is 11.5 Å². The van der Waals surface area contributed by atoms with Gasteiger partial charge in [0.15, 0.2) is 5.69 Å². The van der Waals surface area contributed by atoms with Crippen LogP contribution in [0.25, 0.3) is 10.9 Å². The Morgan fingerprint density at radius 2 is 1.79 bits per heavy atom. The quantitative estimate of drug-likeness (QED) is 0.156. The maximum Gasteiger partial charge on any atom is 0.490 e. The minimum atomic E-state index is -5.18. The van der Waals surface area contributed by atoms with Crippen LogP contribution >= 0.6 is 0 Å². The average molecular weight is 599 g/mol. The zero-order chi connectivity index (χ0) is 30.8. The molecule has 0 saturated heterocycles. The third kappa shape index (κ3) is 9.08. The fourth-order valence-corrected chi connectivity index (χ4v) is 4.44. The van der Waals surface area contributed by atoms with Crippen molar-refractivity contribution >= 4 is 28.5 Å². The van der Waals surface area contributed by atoms with Crippen LogP contribution in [0.1, 0.15) is 47.2 Å². The molecule has 6 N–H and O–H groups in total. The highest BCUT2D eigenvalue weighted by Gasteiger charge is 2.43. The fourth-order valence-electron chi connectivity index (χ4n) is 4.44. The van der Waals surface area contributed by atoms with Crippen molar-refractivity contribution in [3.05, 3.63) is 90.3 Å². The number of anilines is 1. The van der Waals surface area contributed by atoms with Gasteiger partial charge in [0.25, 0.3) is 5.91 Å². The van der Waals surface area contributed by atoms with Crippen molar-refractivity contribution in [1.82, 2.24) is 15.3 Å². The highest BCUT2D eigenvalue weighted by molar-refractivity contribution is 6.03. The topological polar surface area (TPSA) is 158 Å². The van der Waals surface area contributed by atoms with E-state index >= 15 is 0 Å². The van der Waals surface area contributed by atoms with Gasteiger partial charge >= 0.3 is 12.1 Å². The SMILES string of the molecule is NCCC[C@@H](N)C(CN[C@H](CCc1ccccc1)c1nc(C(=O)Nc2cnc3ccccc3c2)co1)OC(=O)C(F)(F)F. The molecule has 0 aliphatic carbocycles. The van der Waals surface area contributed by atoms with Gasteiger partial charge in [-0.25, -0.2) is 9.78 Å². The molecule has 2 aromatic heterocycles. The first-order chi connectivity index (χ1) is 20.6. The molecule has 4 aromatic rings. The van der Waals surface area contributed by atoms with Gasteiger partial charge in [0.05, 0.1) is 23.4 Å². The molecule has 2 heterocycles. The van der Waals surface area contributed by atoms with Crippen molar-refractivity contribution in [3.8, 4) is 0 Å². The predicted molar refractivity (Wildman–Crippen MR) is 154 cm³/mol. The number of fused-ring (bicyclic) bond motifs is 1. The summed E-state index contributed by atoms with van der Waals surface area (Å²) < 4.78 is 49.4. The number of para-hydroxylation sites is 1. The zero-order valence-corrected chi connectivity index (χ0v) is 23.2. The number of hydrogen-bond acceptors (Lipinski definition) is 9. The summed E-state index contributed by atoms with van der Waals surface area (Å²) in [6.07, 6.45) is -2.12. The third-order valence-corrected chi connectivity index (χ3v) is 6.74. The minimum absolute atomic E-state index is 0.00522. The summed E-state index contributed by atoms with van der Waals surface area (Å²) in [6, 6.07) is 17.2. The Balaban J connectivity index is 1.50. The number of hydrogen-bond donors (Lipinski definition) is 4. The number of nitrogens with one attached hydrogen (secondary N) is 2. The molecule has 1 amide bonds. The number of benzene rings is 2. The van der Waals surface area contributed by atoms with Gasteiger partial charge in [0.1, 0.15) is 12.4 Å². The van der Waals surface area contributed by atoms with Gasteiger partial charge < -0.3 is 31.3 Å². The van der Waals surface area contributed by atoms with Crippen LogP contribution in [0.2, 0.25) is 0 Å². The molecule has 0 aliphatic heterocycles. The number of aryl methyl sites for hydroxylation is 1.